The SMILES string of the molecule is CCCC(C)OC(=O)CNCCCN(C)C. The van der Waals surface area contributed by atoms with Gasteiger partial charge in [0.2, 0.25) is 0 Å². The summed E-state index contributed by atoms with van der Waals surface area (Å²) in [5.41, 5.74) is 0. The highest BCUT2D eigenvalue weighted by atomic mass is 16.5. The topological polar surface area (TPSA) is 41.6 Å². The quantitative estimate of drug-likeness (QED) is 0.478. The molecule has 96 valence electrons. The predicted octanol–water partition coefficient (Wildman–Crippen LogP) is 1.26. The molecule has 0 aromatic carbocycles. The number of nitrogens with one attached hydrogen (secondary N) is 1. The highest BCUT2D eigenvalue weighted by molar-refractivity contribution is 5.71. The van der Waals surface area contributed by atoms with Crippen LogP contribution in [0.25, 0.3) is 0 Å². The Labute approximate surface area is 99.3 Å². The second kappa shape index (κ2) is 9.60. The third kappa shape index (κ3) is 9.93. The van der Waals surface area contributed by atoms with Gasteiger partial charge < -0.3 is 15.0 Å². The minimum absolute atomic E-state index is 0.0427. The van der Waals surface area contributed by atoms with E-state index in [1.165, 1.54) is 0 Å². The molecule has 0 aromatic heterocycles. The van der Waals surface area contributed by atoms with E-state index in [0.29, 0.717) is 6.54 Å². The van der Waals surface area contributed by atoms with Gasteiger partial charge in [-0.2, -0.15) is 0 Å². The first-order valence-corrected chi connectivity index (χ1v) is 6.11. The molecule has 1 unspecified atom stereocenters. The van der Waals surface area contributed by atoms with Gasteiger partial charge in [-0.1, -0.05) is 13.3 Å². The van der Waals surface area contributed by atoms with Crippen LogP contribution < -0.4 is 5.32 Å². The van der Waals surface area contributed by atoms with Crippen LogP contribution in [0.1, 0.15) is 33.1 Å². The Morgan fingerprint density at radius 1 is 1.44 bits per heavy atom. The summed E-state index contributed by atoms with van der Waals surface area (Å²) in [5, 5.41) is 3.09. The van der Waals surface area contributed by atoms with Gasteiger partial charge in [-0.3, -0.25) is 4.79 Å². The lowest BCUT2D eigenvalue weighted by atomic mass is 10.2. The monoisotopic (exact) mass is 230 g/mol. The van der Waals surface area contributed by atoms with Gasteiger partial charge in [0.1, 0.15) is 0 Å². The van der Waals surface area contributed by atoms with Crippen molar-refractivity contribution in [2.75, 3.05) is 33.7 Å². The molecule has 0 saturated heterocycles. The number of carbonyl (C=O) groups excluding carboxylic acids is 1. The Balaban J connectivity index is 3.36. The van der Waals surface area contributed by atoms with Crippen molar-refractivity contribution in [3.8, 4) is 0 Å². The number of esters is 1. The molecule has 0 rings (SSSR count). The van der Waals surface area contributed by atoms with Gasteiger partial charge in [0, 0.05) is 0 Å². The van der Waals surface area contributed by atoms with E-state index in [1.54, 1.807) is 0 Å². The summed E-state index contributed by atoms with van der Waals surface area (Å²) in [6, 6.07) is 0. The normalized spacial score (nSPS) is 12.8. The Bertz CT molecular complexity index is 184. The molecule has 0 heterocycles. The van der Waals surface area contributed by atoms with Gasteiger partial charge in [0.15, 0.2) is 0 Å². The lowest BCUT2D eigenvalue weighted by Gasteiger charge is -2.13. The molecule has 0 aromatic rings. The second-order valence-electron chi connectivity index (χ2n) is 4.42. The Morgan fingerprint density at radius 2 is 2.12 bits per heavy atom. The zero-order chi connectivity index (χ0) is 12.4. The lowest BCUT2D eigenvalue weighted by Crippen LogP contribution is -2.29. The molecule has 4 heteroatoms. The van der Waals surface area contributed by atoms with Crippen LogP contribution in [0.5, 0.6) is 0 Å². The van der Waals surface area contributed by atoms with E-state index in [1.807, 2.05) is 21.0 Å². The smallest absolute Gasteiger partial charge is 0.320 e. The number of rotatable bonds is 9. The maximum Gasteiger partial charge on any atom is 0.320 e. The van der Waals surface area contributed by atoms with E-state index in [4.69, 9.17) is 4.74 Å². The molecule has 0 spiro atoms. The van der Waals surface area contributed by atoms with Crippen LogP contribution >= 0.6 is 0 Å². The fourth-order valence-electron chi connectivity index (χ4n) is 1.44. The summed E-state index contributed by atoms with van der Waals surface area (Å²) >= 11 is 0. The van der Waals surface area contributed by atoms with Crippen molar-refractivity contribution >= 4 is 5.97 Å². The zero-order valence-electron chi connectivity index (χ0n) is 11.1. The molecular formula is C12H26N2O2. The largest absolute Gasteiger partial charge is 0.462 e. The third-order valence-electron chi connectivity index (χ3n) is 2.26. The Hall–Kier alpha value is -0.610. The van der Waals surface area contributed by atoms with E-state index in [0.717, 1.165) is 32.4 Å². The molecule has 0 aliphatic carbocycles. The summed E-state index contributed by atoms with van der Waals surface area (Å²) in [4.78, 5) is 13.5. The molecule has 16 heavy (non-hydrogen) atoms. The summed E-state index contributed by atoms with van der Waals surface area (Å²) in [7, 11) is 4.08. The zero-order valence-corrected chi connectivity index (χ0v) is 11.1. The third-order valence-corrected chi connectivity index (χ3v) is 2.26. The highest BCUT2D eigenvalue weighted by Crippen LogP contribution is 2.00. The van der Waals surface area contributed by atoms with E-state index in [2.05, 4.69) is 17.1 Å². The molecule has 0 aliphatic rings. The van der Waals surface area contributed by atoms with Gasteiger partial charge in [-0.05, 0) is 47.0 Å². The average Bonchev–Trinajstić information content (AvgIpc) is 2.16. The fourth-order valence-corrected chi connectivity index (χ4v) is 1.44. The van der Waals surface area contributed by atoms with Gasteiger partial charge in [-0.25, -0.2) is 0 Å². The van der Waals surface area contributed by atoms with Crippen LogP contribution in [0.2, 0.25) is 0 Å². The van der Waals surface area contributed by atoms with Gasteiger partial charge in [0.25, 0.3) is 0 Å². The molecule has 0 radical (unpaired) electrons. The van der Waals surface area contributed by atoms with Crippen LogP contribution in [0.4, 0.5) is 0 Å². The maximum atomic E-state index is 11.3. The first-order chi connectivity index (χ1) is 7.56. The van der Waals surface area contributed by atoms with Crippen molar-refractivity contribution in [1.82, 2.24) is 10.2 Å². The summed E-state index contributed by atoms with van der Waals surface area (Å²) in [5.74, 6) is -0.147. The van der Waals surface area contributed by atoms with Crippen molar-refractivity contribution < 1.29 is 9.53 Å². The van der Waals surface area contributed by atoms with Gasteiger partial charge in [0.05, 0.1) is 12.6 Å². The number of hydrogen-bond donors (Lipinski definition) is 1. The van der Waals surface area contributed by atoms with E-state index in [9.17, 15) is 4.79 Å². The molecule has 0 bridgehead atoms. The molecule has 0 fully saturated rings. The van der Waals surface area contributed by atoms with Crippen molar-refractivity contribution in [2.45, 2.75) is 39.2 Å². The number of hydrogen-bond acceptors (Lipinski definition) is 4. The van der Waals surface area contributed by atoms with Crippen molar-refractivity contribution in [3.63, 3.8) is 0 Å². The van der Waals surface area contributed by atoms with E-state index >= 15 is 0 Å². The van der Waals surface area contributed by atoms with Gasteiger partial charge in [-0.15, -0.1) is 0 Å². The van der Waals surface area contributed by atoms with E-state index < -0.39 is 0 Å². The van der Waals surface area contributed by atoms with Crippen LogP contribution in [0.3, 0.4) is 0 Å². The molecule has 1 N–H and O–H groups in total. The van der Waals surface area contributed by atoms with Crippen LogP contribution in [-0.4, -0.2) is 50.7 Å². The van der Waals surface area contributed by atoms with Crippen LogP contribution in [0.15, 0.2) is 0 Å². The molecule has 4 nitrogen and oxygen atoms in total. The highest BCUT2D eigenvalue weighted by Gasteiger charge is 2.07. The Kier molecular flexibility index (Phi) is 9.24. The molecule has 0 saturated carbocycles. The van der Waals surface area contributed by atoms with Crippen LogP contribution in [-0.2, 0) is 9.53 Å². The maximum absolute atomic E-state index is 11.3. The summed E-state index contributed by atoms with van der Waals surface area (Å²) < 4.78 is 5.21. The first kappa shape index (κ1) is 15.4. The average molecular weight is 230 g/mol. The van der Waals surface area contributed by atoms with Crippen molar-refractivity contribution in [3.05, 3.63) is 0 Å². The van der Waals surface area contributed by atoms with E-state index in [-0.39, 0.29) is 12.1 Å². The minimum atomic E-state index is -0.147. The number of ether oxygens (including phenoxy) is 1. The predicted molar refractivity (Wildman–Crippen MR) is 66.5 cm³/mol. The van der Waals surface area contributed by atoms with Gasteiger partial charge >= 0.3 is 5.97 Å². The van der Waals surface area contributed by atoms with Crippen molar-refractivity contribution in [1.29, 1.82) is 0 Å². The van der Waals surface area contributed by atoms with Crippen molar-refractivity contribution in [2.24, 2.45) is 0 Å². The molecule has 0 aliphatic heterocycles. The van der Waals surface area contributed by atoms with Crippen LogP contribution in [0, 0.1) is 0 Å². The Morgan fingerprint density at radius 3 is 2.69 bits per heavy atom. The molecule has 1 atom stereocenters. The minimum Gasteiger partial charge on any atom is -0.462 e. The standard InChI is InChI=1S/C12H26N2O2/c1-5-7-11(2)16-12(15)10-13-8-6-9-14(3)4/h11,13H,5-10H2,1-4H3. The second-order valence-corrected chi connectivity index (χ2v) is 4.42. The molecule has 0 amide bonds. The summed E-state index contributed by atoms with van der Waals surface area (Å²) in [6.45, 7) is 6.24. The summed E-state index contributed by atoms with van der Waals surface area (Å²) in [6.07, 6.45) is 3.07. The number of carbonyl (C=O) groups is 1. The lowest BCUT2D eigenvalue weighted by molar-refractivity contribution is -0.147. The molecular weight excluding hydrogens is 204 g/mol. The number of nitrogens with zero attached hydrogens (tertiary/aromatic N) is 1. The first-order valence-electron chi connectivity index (χ1n) is 6.11. The fraction of sp³-hybridized carbons (Fsp3) is 0.917.